The maximum Gasteiger partial charge on any atom is 0.0662 e. The number of rotatable bonds is 6. The molecule has 4 nitrogen and oxygen atoms in total. The van der Waals surface area contributed by atoms with E-state index in [1.807, 2.05) is 25.3 Å². The maximum absolute atomic E-state index is 6.61. The lowest BCUT2D eigenvalue weighted by Crippen LogP contribution is -2.73. The van der Waals surface area contributed by atoms with Gasteiger partial charge in [-0.2, -0.15) is 0 Å². The first-order valence-corrected chi connectivity index (χ1v) is 7.38. The van der Waals surface area contributed by atoms with E-state index in [2.05, 4.69) is 36.8 Å². The minimum Gasteiger partial charge on any atom is -0.378 e. The topological polar surface area (TPSA) is 51.4 Å². The summed E-state index contributed by atoms with van der Waals surface area (Å²) in [4.78, 5) is 6.62. The molecule has 20 heavy (non-hydrogen) atoms. The number of pyridine rings is 1. The van der Waals surface area contributed by atoms with Crippen LogP contribution in [-0.4, -0.2) is 41.7 Å². The van der Waals surface area contributed by atoms with Gasteiger partial charge in [0.2, 0.25) is 0 Å². The van der Waals surface area contributed by atoms with Crippen LogP contribution in [0.2, 0.25) is 0 Å². The monoisotopic (exact) mass is 277 g/mol. The highest BCUT2D eigenvalue weighted by Gasteiger charge is 2.58. The minimum atomic E-state index is -0.184. The van der Waals surface area contributed by atoms with Gasteiger partial charge >= 0.3 is 0 Å². The number of nitrogens with zero attached hydrogens (tertiary/aromatic N) is 2. The molecule has 0 aliphatic heterocycles. The Hall–Kier alpha value is -0.970. The first kappa shape index (κ1) is 15.4. The third-order valence-electron chi connectivity index (χ3n) is 4.72. The highest BCUT2D eigenvalue weighted by atomic mass is 16.5. The smallest absolute Gasteiger partial charge is 0.0662 e. The average Bonchev–Trinajstić information content (AvgIpc) is 2.39. The van der Waals surface area contributed by atoms with Crippen LogP contribution in [0, 0.1) is 5.41 Å². The SMILES string of the molecule is CCOC1CC(N)(CN(C)Cc2ccccn2)C1(C)C. The summed E-state index contributed by atoms with van der Waals surface area (Å²) in [7, 11) is 2.10. The molecule has 1 aromatic rings. The summed E-state index contributed by atoms with van der Waals surface area (Å²) in [5.41, 5.74) is 7.53. The van der Waals surface area contributed by atoms with Gasteiger partial charge < -0.3 is 10.5 Å². The molecule has 2 unspecified atom stereocenters. The first-order valence-electron chi connectivity index (χ1n) is 7.38. The summed E-state index contributed by atoms with van der Waals surface area (Å²) < 4.78 is 5.78. The molecule has 4 heteroatoms. The fourth-order valence-corrected chi connectivity index (χ4v) is 3.08. The van der Waals surface area contributed by atoms with Crippen LogP contribution >= 0.6 is 0 Å². The third kappa shape index (κ3) is 2.87. The van der Waals surface area contributed by atoms with Crippen LogP contribution in [-0.2, 0) is 11.3 Å². The quantitative estimate of drug-likeness (QED) is 0.864. The van der Waals surface area contributed by atoms with E-state index in [0.717, 1.165) is 31.8 Å². The van der Waals surface area contributed by atoms with Crippen molar-refractivity contribution in [3.63, 3.8) is 0 Å². The number of likely N-dealkylation sites (N-methyl/N-ethyl adjacent to an activating group) is 1. The summed E-state index contributed by atoms with van der Waals surface area (Å²) >= 11 is 0. The molecule has 1 aliphatic rings. The van der Waals surface area contributed by atoms with Crippen molar-refractivity contribution in [1.82, 2.24) is 9.88 Å². The van der Waals surface area contributed by atoms with Crippen molar-refractivity contribution in [3.05, 3.63) is 30.1 Å². The Morgan fingerprint density at radius 2 is 2.20 bits per heavy atom. The lowest BCUT2D eigenvalue weighted by atomic mass is 9.54. The normalized spacial score (nSPS) is 28.4. The van der Waals surface area contributed by atoms with Gasteiger partial charge in [-0.15, -0.1) is 0 Å². The summed E-state index contributed by atoms with van der Waals surface area (Å²) in [5.74, 6) is 0. The zero-order valence-electron chi connectivity index (χ0n) is 13.1. The van der Waals surface area contributed by atoms with Crippen molar-refractivity contribution in [1.29, 1.82) is 0 Å². The Balaban J connectivity index is 1.93. The van der Waals surface area contributed by atoms with Crippen molar-refractivity contribution in [2.24, 2.45) is 11.1 Å². The van der Waals surface area contributed by atoms with Crippen molar-refractivity contribution < 1.29 is 4.74 Å². The van der Waals surface area contributed by atoms with E-state index < -0.39 is 0 Å². The molecular weight excluding hydrogens is 250 g/mol. The molecule has 0 radical (unpaired) electrons. The summed E-state index contributed by atoms with van der Waals surface area (Å²) in [5, 5.41) is 0. The van der Waals surface area contributed by atoms with E-state index in [1.165, 1.54) is 0 Å². The van der Waals surface area contributed by atoms with E-state index in [4.69, 9.17) is 10.5 Å². The lowest BCUT2D eigenvalue weighted by molar-refractivity contribution is -0.155. The number of ether oxygens (including phenoxy) is 1. The van der Waals surface area contributed by atoms with Gasteiger partial charge in [0.05, 0.1) is 11.8 Å². The predicted octanol–water partition coefficient (Wildman–Crippen LogP) is 2.05. The van der Waals surface area contributed by atoms with Gasteiger partial charge in [-0.05, 0) is 32.5 Å². The van der Waals surface area contributed by atoms with E-state index >= 15 is 0 Å². The molecule has 1 heterocycles. The molecule has 0 amide bonds. The molecular formula is C16H27N3O. The number of hydrogen-bond acceptors (Lipinski definition) is 4. The van der Waals surface area contributed by atoms with Gasteiger partial charge in [0, 0.05) is 36.8 Å². The Labute approximate surface area is 122 Å². The van der Waals surface area contributed by atoms with Gasteiger partial charge in [-0.1, -0.05) is 19.9 Å². The number of hydrogen-bond donors (Lipinski definition) is 1. The molecule has 0 saturated heterocycles. The average molecular weight is 277 g/mol. The van der Waals surface area contributed by atoms with E-state index in [9.17, 15) is 0 Å². The Bertz CT molecular complexity index is 435. The molecule has 1 fully saturated rings. The molecule has 1 saturated carbocycles. The Kier molecular flexibility index (Phi) is 4.47. The number of aromatic nitrogens is 1. The summed E-state index contributed by atoms with van der Waals surface area (Å²) in [6, 6.07) is 6.01. The molecule has 1 aliphatic carbocycles. The highest BCUT2D eigenvalue weighted by Crippen LogP contribution is 2.49. The predicted molar refractivity (Wildman–Crippen MR) is 81.3 cm³/mol. The molecule has 0 bridgehead atoms. The largest absolute Gasteiger partial charge is 0.378 e. The fraction of sp³-hybridized carbons (Fsp3) is 0.688. The van der Waals surface area contributed by atoms with Crippen LogP contribution in [0.4, 0.5) is 0 Å². The highest BCUT2D eigenvalue weighted by molar-refractivity contribution is 5.15. The van der Waals surface area contributed by atoms with E-state index in [0.29, 0.717) is 0 Å². The zero-order valence-corrected chi connectivity index (χ0v) is 13.1. The first-order chi connectivity index (χ1) is 9.39. The number of nitrogens with two attached hydrogens (primary N) is 1. The lowest BCUT2D eigenvalue weighted by Gasteiger charge is -2.60. The summed E-state index contributed by atoms with van der Waals surface area (Å²) in [6.07, 6.45) is 3.04. The molecule has 0 spiro atoms. The van der Waals surface area contributed by atoms with Gasteiger partial charge in [-0.25, -0.2) is 0 Å². The standard InChI is InChI=1S/C16H27N3O/c1-5-20-14-10-16(17,15(14,2)3)12-19(4)11-13-8-6-7-9-18-13/h6-9,14H,5,10-12,17H2,1-4H3. The molecule has 2 atom stereocenters. The molecule has 2 N–H and O–H groups in total. The maximum atomic E-state index is 6.61. The van der Waals surface area contributed by atoms with Crippen molar-refractivity contribution in [2.75, 3.05) is 20.2 Å². The van der Waals surface area contributed by atoms with Crippen molar-refractivity contribution in [2.45, 2.75) is 45.4 Å². The van der Waals surface area contributed by atoms with Gasteiger partial charge in [0.25, 0.3) is 0 Å². The van der Waals surface area contributed by atoms with Crippen LogP contribution in [0.5, 0.6) is 0 Å². The Morgan fingerprint density at radius 1 is 1.45 bits per heavy atom. The molecule has 0 aromatic carbocycles. The van der Waals surface area contributed by atoms with Crippen LogP contribution in [0.25, 0.3) is 0 Å². The van der Waals surface area contributed by atoms with Gasteiger partial charge in [-0.3, -0.25) is 9.88 Å². The van der Waals surface area contributed by atoms with Crippen LogP contribution in [0.3, 0.4) is 0 Å². The van der Waals surface area contributed by atoms with Crippen LogP contribution in [0.15, 0.2) is 24.4 Å². The Morgan fingerprint density at radius 3 is 2.75 bits per heavy atom. The zero-order chi connectivity index (χ0) is 14.8. The molecule has 2 rings (SSSR count). The van der Waals surface area contributed by atoms with Gasteiger partial charge in [0.15, 0.2) is 0 Å². The van der Waals surface area contributed by atoms with Crippen LogP contribution in [0.1, 0.15) is 32.9 Å². The minimum absolute atomic E-state index is 0.0153. The fourth-order valence-electron chi connectivity index (χ4n) is 3.08. The summed E-state index contributed by atoms with van der Waals surface area (Å²) in [6.45, 7) is 8.92. The van der Waals surface area contributed by atoms with Crippen LogP contribution < -0.4 is 5.73 Å². The van der Waals surface area contributed by atoms with Gasteiger partial charge in [0.1, 0.15) is 0 Å². The second kappa shape index (κ2) is 5.80. The van der Waals surface area contributed by atoms with E-state index in [-0.39, 0.29) is 17.1 Å². The van der Waals surface area contributed by atoms with Crippen molar-refractivity contribution in [3.8, 4) is 0 Å². The second-order valence-corrected chi connectivity index (χ2v) is 6.52. The third-order valence-corrected chi connectivity index (χ3v) is 4.72. The second-order valence-electron chi connectivity index (χ2n) is 6.52. The van der Waals surface area contributed by atoms with Crippen molar-refractivity contribution >= 4 is 0 Å². The molecule has 112 valence electrons. The molecule has 1 aromatic heterocycles. The van der Waals surface area contributed by atoms with E-state index in [1.54, 1.807) is 0 Å².